The van der Waals surface area contributed by atoms with Crippen LogP contribution in [0, 0.1) is 13.8 Å². The van der Waals surface area contributed by atoms with Crippen LogP contribution in [0.15, 0.2) is 29.4 Å². The zero-order valence-corrected chi connectivity index (χ0v) is 17.1. The SMILES string of the molecule is C/C=C/COc1cc(C)c(OCCCS(=O)(=O)C/C(C)=N/OC)c(C)c1. The summed E-state index contributed by atoms with van der Waals surface area (Å²) in [5.41, 5.74) is 2.37. The molecule has 0 saturated heterocycles. The van der Waals surface area contributed by atoms with E-state index < -0.39 is 9.84 Å². The van der Waals surface area contributed by atoms with Gasteiger partial charge in [0.15, 0.2) is 9.84 Å². The van der Waals surface area contributed by atoms with Crippen molar-refractivity contribution in [2.45, 2.75) is 34.1 Å². The van der Waals surface area contributed by atoms with Crippen molar-refractivity contribution in [3.63, 3.8) is 0 Å². The predicted molar refractivity (Wildman–Crippen MR) is 105 cm³/mol. The zero-order valence-electron chi connectivity index (χ0n) is 16.2. The number of nitrogens with zero attached hydrogens (tertiary/aromatic N) is 1. The Hall–Kier alpha value is -2.02. The summed E-state index contributed by atoms with van der Waals surface area (Å²) in [6.45, 7) is 8.34. The minimum absolute atomic E-state index is 0.0478. The number of ether oxygens (including phenoxy) is 2. The summed E-state index contributed by atoms with van der Waals surface area (Å²) in [6.07, 6.45) is 4.30. The van der Waals surface area contributed by atoms with Crippen molar-refractivity contribution < 1.29 is 22.7 Å². The maximum Gasteiger partial charge on any atom is 0.155 e. The number of sulfone groups is 1. The van der Waals surface area contributed by atoms with Gasteiger partial charge < -0.3 is 14.3 Å². The molecule has 0 aromatic heterocycles. The first kappa shape index (κ1) is 22.0. The maximum atomic E-state index is 12.0. The molecule has 0 amide bonds. The summed E-state index contributed by atoms with van der Waals surface area (Å²) in [7, 11) is -1.82. The number of hydrogen-bond acceptors (Lipinski definition) is 6. The van der Waals surface area contributed by atoms with Crippen LogP contribution in [0.25, 0.3) is 0 Å². The molecule has 26 heavy (non-hydrogen) atoms. The van der Waals surface area contributed by atoms with Crippen LogP contribution in [0.3, 0.4) is 0 Å². The normalized spacial score (nSPS) is 12.4. The van der Waals surface area contributed by atoms with Crippen molar-refractivity contribution in [3.8, 4) is 11.5 Å². The summed E-state index contributed by atoms with van der Waals surface area (Å²) >= 11 is 0. The second-order valence-electron chi connectivity index (χ2n) is 6.07. The fourth-order valence-corrected chi connectivity index (χ4v) is 3.88. The van der Waals surface area contributed by atoms with E-state index >= 15 is 0 Å². The van der Waals surface area contributed by atoms with Crippen molar-refractivity contribution in [2.75, 3.05) is 31.8 Å². The number of allylic oxidation sites excluding steroid dienone is 1. The molecule has 0 N–H and O–H groups in total. The Morgan fingerprint density at radius 3 is 2.42 bits per heavy atom. The standard InChI is InChI=1S/C19H29NO5S/c1-6-7-9-24-18-12-15(2)19(16(3)13-18)25-10-8-11-26(21,22)14-17(4)20-23-5/h6-7,12-13H,8-11,14H2,1-5H3/b7-6+,20-17+. The van der Waals surface area contributed by atoms with Crippen molar-refractivity contribution in [1.29, 1.82) is 0 Å². The molecule has 0 aliphatic rings. The number of rotatable bonds is 11. The number of hydrogen-bond donors (Lipinski definition) is 0. The Labute approximate surface area is 156 Å². The molecule has 6 nitrogen and oxygen atoms in total. The topological polar surface area (TPSA) is 74.2 Å². The number of oxime groups is 1. The number of aryl methyl sites for hydroxylation is 2. The van der Waals surface area contributed by atoms with E-state index in [1.807, 2.05) is 45.1 Å². The lowest BCUT2D eigenvalue weighted by molar-refractivity contribution is 0.213. The molecule has 7 heteroatoms. The minimum atomic E-state index is -3.21. The monoisotopic (exact) mass is 383 g/mol. The molecule has 146 valence electrons. The summed E-state index contributed by atoms with van der Waals surface area (Å²) in [6, 6.07) is 3.85. The fourth-order valence-electron chi connectivity index (χ4n) is 2.49. The van der Waals surface area contributed by atoms with Crippen molar-refractivity contribution in [3.05, 3.63) is 35.4 Å². The van der Waals surface area contributed by atoms with Crippen molar-refractivity contribution in [1.82, 2.24) is 0 Å². The molecule has 0 spiro atoms. The van der Waals surface area contributed by atoms with Crippen LogP contribution in [0.1, 0.15) is 31.4 Å². The molecular formula is C19H29NO5S. The molecule has 1 aromatic carbocycles. The smallest absolute Gasteiger partial charge is 0.155 e. The Morgan fingerprint density at radius 2 is 1.85 bits per heavy atom. The van der Waals surface area contributed by atoms with Gasteiger partial charge in [0, 0.05) is 0 Å². The van der Waals surface area contributed by atoms with Gasteiger partial charge in [-0.3, -0.25) is 0 Å². The highest BCUT2D eigenvalue weighted by Gasteiger charge is 2.14. The fraction of sp³-hybridized carbons (Fsp3) is 0.526. The second kappa shape index (κ2) is 10.9. The lowest BCUT2D eigenvalue weighted by Crippen LogP contribution is -2.18. The minimum Gasteiger partial charge on any atom is -0.493 e. The van der Waals surface area contributed by atoms with Gasteiger partial charge in [-0.2, -0.15) is 0 Å². The van der Waals surface area contributed by atoms with Gasteiger partial charge in [-0.1, -0.05) is 17.3 Å². The Kier molecular flexibility index (Phi) is 9.19. The average Bonchev–Trinajstić information content (AvgIpc) is 2.53. The second-order valence-corrected chi connectivity index (χ2v) is 8.25. The van der Waals surface area contributed by atoms with Crippen molar-refractivity contribution in [2.24, 2.45) is 5.16 Å². The van der Waals surface area contributed by atoms with Gasteiger partial charge in [0.1, 0.15) is 25.2 Å². The summed E-state index contributed by atoms with van der Waals surface area (Å²) < 4.78 is 35.5. The quantitative estimate of drug-likeness (QED) is 0.253. The van der Waals surface area contributed by atoms with Gasteiger partial charge in [0.25, 0.3) is 0 Å². The molecule has 0 radical (unpaired) electrons. The summed E-state index contributed by atoms with van der Waals surface area (Å²) in [5, 5.41) is 3.63. The molecule has 0 saturated carbocycles. The van der Waals surface area contributed by atoms with Gasteiger partial charge >= 0.3 is 0 Å². The van der Waals surface area contributed by atoms with E-state index in [0.29, 0.717) is 25.3 Å². The lowest BCUT2D eigenvalue weighted by Gasteiger charge is -2.14. The number of benzene rings is 1. The van der Waals surface area contributed by atoms with Gasteiger partial charge in [-0.25, -0.2) is 8.42 Å². The molecular weight excluding hydrogens is 354 g/mol. The van der Waals surface area contributed by atoms with Crippen LogP contribution in [-0.4, -0.2) is 46.0 Å². The molecule has 0 aliphatic heterocycles. The highest BCUT2D eigenvalue weighted by molar-refractivity contribution is 7.92. The first-order valence-electron chi connectivity index (χ1n) is 8.54. The van der Waals surface area contributed by atoms with Gasteiger partial charge in [-0.05, 0) is 57.4 Å². The third-order valence-electron chi connectivity index (χ3n) is 3.54. The molecule has 0 fully saturated rings. The zero-order chi connectivity index (χ0) is 19.6. The van der Waals surface area contributed by atoms with Crippen LogP contribution >= 0.6 is 0 Å². The van der Waals surface area contributed by atoms with Crippen LogP contribution < -0.4 is 9.47 Å². The predicted octanol–water partition coefficient (Wildman–Crippen LogP) is 3.46. The lowest BCUT2D eigenvalue weighted by atomic mass is 10.1. The van der Waals surface area contributed by atoms with E-state index in [2.05, 4.69) is 9.99 Å². The van der Waals surface area contributed by atoms with Crippen LogP contribution in [-0.2, 0) is 14.7 Å². The molecule has 0 unspecified atom stereocenters. The average molecular weight is 384 g/mol. The first-order chi connectivity index (χ1) is 12.3. The molecule has 0 atom stereocenters. The van der Waals surface area contributed by atoms with Gasteiger partial charge in [0.2, 0.25) is 0 Å². The highest BCUT2D eigenvalue weighted by Crippen LogP contribution is 2.28. The Bertz CT molecular complexity index is 715. The van der Waals surface area contributed by atoms with Gasteiger partial charge in [-0.15, -0.1) is 0 Å². The molecule has 1 rings (SSSR count). The molecule has 0 bridgehead atoms. The van der Waals surface area contributed by atoms with Crippen LogP contribution in [0.5, 0.6) is 11.5 Å². The highest BCUT2D eigenvalue weighted by atomic mass is 32.2. The van der Waals surface area contributed by atoms with Gasteiger partial charge in [0.05, 0.1) is 23.8 Å². The molecule has 0 aliphatic carbocycles. The van der Waals surface area contributed by atoms with E-state index in [1.54, 1.807) is 6.92 Å². The van der Waals surface area contributed by atoms with E-state index in [9.17, 15) is 8.42 Å². The maximum absolute atomic E-state index is 12.0. The van der Waals surface area contributed by atoms with E-state index in [1.165, 1.54) is 7.11 Å². The van der Waals surface area contributed by atoms with Crippen LogP contribution in [0.2, 0.25) is 0 Å². The molecule has 0 heterocycles. The summed E-state index contributed by atoms with van der Waals surface area (Å²) in [4.78, 5) is 4.58. The first-order valence-corrected chi connectivity index (χ1v) is 10.4. The Morgan fingerprint density at radius 1 is 1.19 bits per heavy atom. The summed E-state index contributed by atoms with van der Waals surface area (Å²) in [5.74, 6) is 1.52. The third kappa shape index (κ3) is 7.91. The Balaban J connectivity index is 2.56. The van der Waals surface area contributed by atoms with E-state index in [4.69, 9.17) is 9.47 Å². The van der Waals surface area contributed by atoms with E-state index in [-0.39, 0.29) is 11.5 Å². The third-order valence-corrected chi connectivity index (χ3v) is 5.31. The van der Waals surface area contributed by atoms with Crippen LogP contribution in [0.4, 0.5) is 0 Å². The van der Waals surface area contributed by atoms with E-state index in [0.717, 1.165) is 22.6 Å². The largest absolute Gasteiger partial charge is 0.493 e. The van der Waals surface area contributed by atoms with Crippen molar-refractivity contribution >= 4 is 15.5 Å². The molecule has 1 aromatic rings.